The van der Waals surface area contributed by atoms with Crippen LogP contribution in [0.3, 0.4) is 0 Å². The number of rotatable bonds is 10. The molecule has 3 fully saturated rings. The third-order valence-electron chi connectivity index (χ3n) is 6.73. The lowest BCUT2D eigenvalue weighted by atomic mass is 9.68. The predicted octanol–water partition coefficient (Wildman–Crippen LogP) is 4.00. The molecule has 6 atom stereocenters. The van der Waals surface area contributed by atoms with E-state index in [9.17, 15) is 9.59 Å². The standard InChI is InChI=1S/C27H36O7/c1-19(2)14-15-21-26(3,34-21)25-24(31-5)20(16-17-27(25)18-32-27)33-23(29)13-11-9-7-6-8-10-12-22(28)30-4/h6-14,20-21,24-25H,15-18H2,1-5H3/t20-,21-,24-,25-,26?,27+/m1/s1. The first-order valence-corrected chi connectivity index (χ1v) is 11.7. The second-order valence-electron chi connectivity index (χ2n) is 9.36. The number of esters is 2. The van der Waals surface area contributed by atoms with E-state index in [0.29, 0.717) is 13.0 Å². The lowest BCUT2D eigenvalue weighted by Crippen LogP contribution is -2.55. The number of ether oxygens (including phenoxy) is 5. The molecule has 2 saturated heterocycles. The Morgan fingerprint density at radius 2 is 1.62 bits per heavy atom. The fraction of sp³-hybridized carbons (Fsp3) is 0.556. The Kier molecular flexibility index (Phi) is 8.68. The molecule has 0 bridgehead atoms. The van der Waals surface area contributed by atoms with Crippen molar-refractivity contribution in [2.45, 2.75) is 69.5 Å². The molecule has 2 aliphatic heterocycles. The molecule has 3 rings (SSSR count). The molecule has 1 unspecified atom stereocenters. The average molecular weight is 473 g/mol. The first-order valence-electron chi connectivity index (χ1n) is 11.7. The van der Waals surface area contributed by atoms with E-state index in [1.807, 2.05) is 0 Å². The van der Waals surface area contributed by atoms with Gasteiger partial charge in [0.25, 0.3) is 0 Å². The summed E-state index contributed by atoms with van der Waals surface area (Å²) in [4.78, 5) is 23.4. The van der Waals surface area contributed by atoms with Crippen LogP contribution in [0, 0.1) is 5.92 Å². The van der Waals surface area contributed by atoms with Crippen LogP contribution in [0.2, 0.25) is 0 Å². The first-order chi connectivity index (χ1) is 16.3. The van der Waals surface area contributed by atoms with Gasteiger partial charge in [-0.05, 0) is 40.0 Å². The van der Waals surface area contributed by atoms with E-state index in [0.717, 1.165) is 12.8 Å². The van der Waals surface area contributed by atoms with Gasteiger partial charge in [0, 0.05) is 19.3 Å². The summed E-state index contributed by atoms with van der Waals surface area (Å²) in [6.45, 7) is 6.99. The molecule has 0 N–H and O–H groups in total. The summed E-state index contributed by atoms with van der Waals surface area (Å²) in [5.41, 5.74) is 0.662. The number of hydrogen-bond donors (Lipinski definition) is 0. The third-order valence-corrected chi connectivity index (χ3v) is 6.73. The fourth-order valence-corrected chi connectivity index (χ4v) is 4.85. The summed E-state index contributed by atoms with van der Waals surface area (Å²) in [6.07, 6.45) is 16.8. The van der Waals surface area contributed by atoms with Crippen LogP contribution in [0.25, 0.3) is 0 Å². The predicted molar refractivity (Wildman–Crippen MR) is 128 cm³/mol. The quantitative estimate of drug-likeness (QED) is 0.156. The maximum absolute atomic E-state index is 12.5. The highest BCUT2D eigenvalue weighted by molar-refractivity contribution is 5.82. The third kappa shape index (κ3) is 6.34. The van der Waals surface area contributed by atoms with Crippen LogP contribution in [-0.2, 0) is 33.3 Å². The largest absolute Gasteiger partial charge is 0.466 e. The van der Waals surface area contributed by atoms with Crippen LogP contribution in [0.5, 0.6) is 0 Å². The molecule has 0 radical (unpaired) electrons. The lowest BCUT2D eigenvalue weighted by molar-refractivity contribution is -0.166. The van der Waals surface area contributed by atoms with E-state index in [-0.39, 0.29) is 35.4 Å². The Bertz CT molecular complexity index is 889. The minimum Gasteiger partial charge on any atom is -0.466 e. The van der Waals surface area contributed by atoms with Crippen molar-refractivity contribution in [2.75, 3.05) is 20.8 Å². The number of hydrogen-bond acceptors (Lipinski definition) is 7. The smallest absolute Gasteiger partial charge is 0.331 e. The summed E-state index contributed by atoms with van der Waals surface area (Å²) >= 11 is 0. The minimum absolute atomic E-state index is 0.000769. The van der Waals surface area contributed by atoms with Crippen LogP contribution >= 0.6 is 0 Å². The van der Waals surface area contributed by atoms with E-state index >= 15 is 0 Å². The normalized spacial score (nSPS) is 34.9. The fourth-order valence-electron chi connectivity index (χ4n) is 4.85. The van der Waals surface area contributed by atoms with Crippen molar-refractivity contribution in [3.8, 4) is 0 Å². The van der Waals surface area contributed by atoms with Crippen molar-refractivity contribution in [1.29, 1.82) is 0 Å². The van der Waals surface area contributed by atoms with Crippen molar-refractivity contribution in [3.63, 3.8) is 0 Å². The molecule has 7 nitrogen and oxygen atoms in total. The van der Waals surface area contributed by atoms with Gasteiger partial charge in [-0.2, -0.15) is 0 Å². The molecular formula is C27H36O7. The zero-order valence-corrected chi connectivity index (χ0v) is 20.7. The first kappa shape index (κ1) is 26.1. The van der Waals surface area contributed by atoms with Gasteiger partial charge in [0.05, 0.1) is 25.7 Å². The second kappa shape index (κ2) is 11.3. The summed E-state index contributed by atoms with van der Waals surface area (Å²) in [5.74, 6) is -0.833. The van der Waals surface area contributed by atoms with Gasteiger partial charge < -0.3 is 23.7 Å². The highest BCUT2D eigenvalue weighted by Crippen LogP contribution is 2.59. The number of epoxide rings is 2. The van der Waals surface area contributed by atoms with Crippen molar-refractivity contribution in [2.24, 2.45) is 5.92 Å². The van der Waals surface area contributed by atoms with Crippen LogP contribution < -0.4 is 0 Å². The number of carbonyl (C=O) groups excluding carboxylic acids is 2. The monoisotopic (exact) mass is 472 g/mol. The molecule has 7 heteroatoms. The Morgan fingerprint density at radius 1 is 1.00 bits per heavy atom. The van der Waals surface area contributed by atoms with Crippen LogP contribution in [0.4, 0.5) is 0 Å². The van der Waals surface area contributed by atoms with Gasteiger partial charge in [-0.3, -0.25) is 0 Å². The number of allylic oxidation sites excluding steroid dienone is 7. The zero-order valence-electron chi connectivity index (χ0n) is 20.7. The Balaban J connectivity index is 1.57. The van der Waals surface area contributed by atoms with Crippen LogP contribution in [0.15, 0.2) is 60.3 Å². The van der Waals surface area contributed by atoms with Crippen LogP contribution in [-0.4, -0.2) is 62.3 Å². The molecule has 0 aromatic heterocycles. The van der Waals surface area contributed by atoms with Crippen molar-refractivity contribution >= 4 is 11.9 Å². The molecule has 1 spiro atoms. The van der Waals surface area contributed by atoms with E-state index in [2.05, 4.69) is 31.6 Å². The number of methoxy groups -OCH3 is 2. The van der Waals surface area contributed by atoms with Crippen LogP contribution in [0.1, 0.15) is 40.0 Å². The molecule has 1 aliphatic carbocycles. The van der Waals surface area contributed by atoms with E-state index in [1.165, 1.54) is 24.8 Å². The van der Waals surface area contributed by atoms with Crippen molar-refractivity contribution in [1.82, 2.24) is 0 Å². The topological polar surface area (TPSA) is 86.9 Å². The Labute approximate surface area is 202 Å². The highest BCUT2D eigenvalue weighted by atomic mass is 16.6. The van der Waals surface area contributed by atoms with Gasteiger partial charge >= 0.3 is 11.9 Å². The molecule has 186 valence electrons. The molecule has 0 aromatic carbocycles. The van der Waals surface area contributed by atoms with Gasteiger partial charge in [-0.1, -0.05) is 48.1 Å². The molecular weight excluding hydrogens is 436 g/mol. The summed E-state index contributed by atoms with van der Waals surface area (Å²) in [6, 6.07) is 0. The van der Waals surface area contributed by atoms with Gasteiger partial charge in [-0.15, -0.1) is 0 Å². The molecule has 2 heterocycles. The minimum atomic E-state index is -0.416. The van der Waals surface area contributed by atoms with E-state index < -0.39 is 11.9 Å². The summed E-state index contributed by atoms with van der Waals surface area (Å²) < 4.78 is 28.3. The maximum atomic E-state index is 12.5. The second-order valence-corrected chi connectivity index (χ2v) is 9.36. The molecule has 34 heavy (non-hydrogen) atoms. The highest BCUT2D eigenvalue weighted by Gasteiger charge is 2.72. The van der Waals surface area contributed by atoms with E-state index in [4.69, 9.17) is 18.9 Å². The Morgan fingerprint density at radius 3 is 2.18 bits per heavy atom. The van der Waals surface area contributed by atoms with Gasteiger partial charge in [-0.25, -0.2) is 9.59 Å². The maximum Gasteiger partial charge on any atom is 0.331 e. The van der Waals surface area contributed by atoms with E-state index in [1.54, 1.807) is 43.6 Å². The molecule has 0 amide bonds. The van der Waals surface area contributed by atoms with Crippen molar-refractivity contribution < 1.29 is 33.3 Å². The SMILES string of the molecule is COC(=O)C=CC=CC=CC=CC(=O)O[C@@H]1CC[C@]2(CO2)[C@@H](C2(C)O[C@@H]2CC=C(C)C)[C@@H]1OC. The van der Waals surface area contributed by atoms with Gasteiger partial charge in [0.2, 0.25) is 0 Å². The lowest BCUT2D eigenvalue weighted by Gasteiger charge is -2.42. The molecule has 3 aliphatic rings. The van der Waals surface area contributed by atoms with Gasteiger partial charge in [0.1, 0.15) is 23.4 Å². The summed E-state index contributed by atoms with van der Waals surface area (Å²) in [7, 11) is 2.99. The zero-order chi connectivity index (χ0) is 24.8. The average Bonchev–Trinajstić information content (AvgIpc) is 3.72. The number of carbonyl (C=O) groups is 2. The molecule has 0 aromatic rings. The van der Waals surface area contributed by atoms with Crippen molar-refractivity contribution in [3.05, 3.63) is 60.3 Å². The Hall–Kier alpha value is -2.48. The van der Waals surface area contributed by atoms with Gasteiger partial charge in [0.15, 0.2) is 0 Å². The summed E-state index contributed by atoms with van der Waals surface area (Å²) in [5, 5.41) is 0. The molecule has 1 saturated carbocycles.